The third kappa shape index (κ3) is 8.37. The smallest absolute Gasteiger partial charge is 0.191 e. The van der Waals surface area contributed by atoms with Gasteiger partial charge in [-0.25, -0.2) is 4.99 Å². The number of aliphatic hydroxyl groups excluding tert-OH is 1. The zero-order valence-electron chi connectivity index (χ0n) is 15.5. The van der Waals surface area contributed by atoms with Gasteiger partial charge in [-0.2, -0.15) is 0 Å². The molecule has 2 rings (SSSR count). The summed E-state index contributed by atoms with van der Waals surface area (Å²) >= 11 is 1.75. The van der Waals surface area contributed by atoms with Crippen LogP contribution >= 0.6 is 35.3 Å². The van der Waals surface area contributed by atoms with Gasteiger partial charge >= 0.3 is 0 Å². The first kappa shape index (κ1) is 22.7. The van der Waals surface area contributed by atoms with E-state index in [-0.39, 0.29) is 30.6 Å². The number of aryl methyl sites for hydroxylation is 2. The second-order valence-electron chi connectivity index (χ2n) is 5.87. The van der Waals surface area contributed by atoms with Crippen LogP contribution in [0.2, 0.25) is 0 Å². The molecule has 1 atom stereocenters. The topological polar surface area (TPSA) is 65.9 Å². The molecule has 2 aromatic rings. The van der Waals surface area contributed by atoms with E-state index in [1.165, 1.54) is 9.75 Å². The zero-order valence-corrected chi connectivity index (χ0v) is 18.6. The van der Waals surface area contributed by atoms with Gasteiger partial charge in [0, 0.05) is 22.8 Å². The number of guanidine groups is 1. The lowest BCUT2D eigenvalue weighted by molar-refractivity contribution is 0.110. The Morgan fingerprint density at radius 3 is 2.69 bits per heavy atom. The Morgan fingerprint density at radius 1 is 1.23 bits per heavy atom. The fourth-order valence-electron chi connectivity index (χ4n) is 2.24. The molecule has 5 nitrogen and oxygen atoms in total. The second-order valence-corrected chi connectivity index (χ2v) is 7.24. The number of thiophene rings is 1. The fourth-order valence-corrected chi connectivity index (χ4v) is 3.05. The number of nitrogens with zero attached hydrogens (tertiary/aromatic N) is 1. The Balaban J connectivity index is 0.00000338. The predicted octanol–water partition coefficient (Wildman–Crippen LogP) is 3.48. The highest BCUT2D eigenvalue weighted by Gasteiger charge is 2.07. The van der Waals surface area contributed by atoms with Crippen molar-refractivity contribution in [3.05, 3.63) is 51.7 Å². The van der Waals surface area contributed by atoms with Gasteiger partial charge < -0.3 is 20.5 Å². The Kier molecular flexibility index (Phi) is 10.6. The minimum absolute atomic E-state index is 0. The number of hydrogen-bond donors (Lipinski definition) is 3. The average molecular weight is 489 g/mol. The highest BCUT2D eigenvalue weighted by molar-refractivity contribution is 14.0. The molecule has 7 heteroatoms. The van der Waals surface area contributed by atoms with Crippen molar-refractivity contribution in [2.24, 2.45) is 4.99 Å². The SMILES string of the molecule is CCNC(=NCc1ccc(C)s1)NCC(O)COc1cccc(C)c1.I. The van der Waals surface area contributed by atoms with Gasteiger partial charge in [0.2, 0.25) is 0 Å². The fraction of sp³-hybridized carbons (Fsp3) is 0.421. The Morgan fingerprint density at radius 2 is 2.04 bits per heavy atom. The summed E-state index contributed by atoms with van der Waals surface area (Å²) in [5, 5.41) is 16.5. The molecule has 0 spiro atoms. The van der Waals surface area contributed by atoms with E-state index >= 15 is 0 Å². The van der Waals surface area contributed by atoms with E-state index < -0.39 is 6.10 Å². The maximum atomic E-state index is 10.1. The average Bonchev–Trinajstić information content (AvgIpc) is 3.01. The molecule has 26 heavy (non-hydrogen) atoms. The van der Waals surface area contributed by atoms with Crippen molar-refractivity contribution in [2.45, 2.75) is 33.4 Å². The van der Waals surface area contributed by atoms with Gasteiger partial charge in [-0.1, -0.05) is 12.1 Å². The molecular formula is C19H28IN3O2S. The predicted molar refractivity (Wildman–Crippen MR) is 120 cm³/mol. The van der Waals surface area contributed by atoms with Crippen LogP contribution in [-0.2, 0) is 6.54 Å². The molecule has 144 valence electrons. The number of aliphatic imine (C=N–C) groups is 1. The van der Waals surface area contributed by atoms with Crippen molar-refractivity contribution in [1.29, 1.82) is 0 Å². The number of hydrogen-bond acceptors (Lipinski definition) is 4. The van der Waals surface area contributed by atoms with Gasteiger partial charge in [-0.15, -0.1) is 35.3 Å². The van der Waals surface area contributed by atoms with Gasteiger partial charge in [0.1, 0.15) is 18.5 Å². The van der Waals surface area contributed by atoms with Crippen LogP contribution in [0.5, 0.6) is 5.75 Å². The summed E-state index contributed by atoms with van der Waals surface area (Å²) < 4.78 is 5.62. The largest absolute Gasteiger partial charge is 0.491 e. The molecule has 0 aliphatic carbocycles. The minimum atomic E-state index is -0.617. The van der Waals surface area contributed by atoms with E-state index in [1.807, 2.05) is 38.1 Å². The summed E-state index contributed by atoms with van der Waals surface area (Å²) in [5.41, 5.74) is 1.13. The summed E-state index contributed by atoms with van der Waals surface area (Å²) in [4.78, 5) is 7.06. The first-order valence-electron chi connectivity index (χ1n) is 8.52. The minimum Gasteiger partial charge on any atom is -0.491 e. The monoisotopic (exact) mass is 489 g/mol. The van der Waals surface area contributed by atoms with Gasteiger partial charge in [0.25, 0.3) is 0 Å². The molecule has 3 N–H and O–H groups in total. The van der Waals surface area contributed by atoms with Crippen LogP contribution in [0, 0.1) is 13.8 Å². The van der Waals surface area contributed by atoms with Crippen molar-refractivity contribution in [3.63, 3.8) is 0 Å². The van der Waals surface area contributed by atoms with Crippen LogP contribution in [0.1, 0.15) is 22.2 Å². The van der Waals surface area contributed by atoms with Gasteiger partial charge in [0.05, 0.1) is 6.54 Å². The van der Waals surface area contributed by atoms with Crippen molar-refractivity contribution in [2.75, 3.05) is 19.7 Å². The van der Waals surface area contributed by atoms with Crippen molar-refractivity contribution in [3.8, 4) is 5.75 Å². The number of benzene rings is 1. The molecule has 1 unspecified atom stereocenters. The van der Waals surface area contributed by atoms with Crippen LogP contribution in [0.4, 0.5) is 0 Å². The highest BCUT2D eigenvalue weighted by atomic mass is 127. The molecule has 0 saturated heterocycles. The molecule has 0 amide bonds. The first-order chi connectivity index (χ1) is 12.1. The maximum Gasteiger partial charge on any atom is 0.191 e. The number of ether oxygens (including phenoxy) is 1. The second kappa shape index (κ2) is 12.1. The molecule has 0 radical (unpaired) electrons. The third-order valence-corrected chi connectivity index (χ3v) is 4.46. The molecule has 1 aromatic carbocycles. The van der Waals surface area contributed by atoms with Crippen LogP contribution in [0.3, 0.4) is 0 Å². The molecular weight excluding hydrogens is 461 g/mol. The standard InChI is InChI=1S/C19H27N3O2S.HI/c1-4-20-19(22-12-18-9-8-15(3)25-18)21-11-16(23)13-24-17-7-5-6-14(2)10-17;/h5-10,16,23H,4,11-13H2,1-3H3,(H2,20,21,22);1H. The molecule has 1 aromatic heterocycles. The normalized spacial score (nSPS) is 12.2. The lowest BCUT2D eigenvalue weighted by Crippen LogP contribution is -2.42. The summed E-state index contributed by atoms with van der Waals surface area (Å²) in [5.74, 6) is 1.47. The van der Waals surface area contributed by atoms with Crippen LogP contribution in [-0.4, -0.2) is 36.9 Å². The Hall–Kier alpha value is -1.32. The maximum absolute atomic E-state index is 10.1. The molecule has 0 saturated carbocycles. The van der Waals surface area contributed by atoms with E-state index in [9.17, 15) is 5.11 Å². The Labute approximate surface area is 176 Å². The number of aliphatic hydroxyl groups is 1. The number of halogens is 1. The van der Waals surface area contributed by atoms with E-state index in [2.05, 4.69) is 34.7 Å². The zero-order chi connectivity index (χ0) is 18.1. The molecule has 0 aliphatic rings. The van der Waals surface area contributed by atoms with Gasteiger partial charge in [-0.3, -0.25) is 0 Å². The summed E-state index contributed by atoms with van der Waals surface area (Å²) in [6.45, 7) is 8.13. The highest BCUT2D eigenvalue weighted by Crippen LogP contribution is 2.15. The van der Waals surface area contributed by atoms with Gasteiger partial charge in [0.15, 0.2) is 5.96 Å². The molecule has 0 aliphatic heterocycles. The van der Waals surface area contributed by atoms with Gasteiger partial charge in [-0.05, 0) is 50.6 Å². The molecule has 1 heterocycles. The lowest BCUT2D eigenvalue weighted by Gasteiger charge is -2.16. The van der Waals surface area contributed by atoms with E-state index in [4.69, 9.17) is 4.74 Å². The van der Waals surface area contributed by atoms with Crippen LogP contribution in [0.25, 0.3) is 0 Å². The van der Waals surface area contributed by atoms with Crippen molar-refractivity contribution in [1.82, 2.24) is 10.6 Å². The van der Waals surface area contributed by atoms with E-state index in [1.54, 1.807) is 11.3 Å². The van der Waals surface area contributed by atoms with Crippen LogP contribution < -0.4 is 15.4 Å². The number of nitrogens with one attached hydrogen (secondary N) is 2. The quantitative estimate of drug-likeness (QED) is 0.302. The number of rotatable bonds is 8. The van der Waals surface area contributed by atoms with Crippen molar-refractivity contribution >= 4 is 41.3 Å². The lowest BCUT2D eigenvalue weighted by atomic mass is 10.2. The van der Waals surface area contributed by atoms with E-state index in [0.29, 0.717) is 19.0 Å². The summed E-state index contributed by atoms with van der Waals surface area (Å²) in [6.07, 6.45) is -0.617. The Bertz CT molecular complexity index is 691. The summed E-state index contributed by atoms with van der Waals surface area (Å²) in [7, 11) is 0. The molecule has 0 fully saturated rings. The molecule has 0 bridgehead atoms. The third-order valence-electron chi connectivity index (χ3n) is 3.47. The van der Waals surface area contributed by atoms with Crippen molar-refractivity contribution < 1.29 is 9.84 Å². The first-order valence-corrected chi connectivity index (χ1v) is 9.33. The van der Waals surface area contributed by atoms with Crippen LogP contribution in [0.15, 0.2) is 41.4 Å². The van der Waals surface area contributed by atoms with E-state index in [0.717, 1.165) is 17.9 Å². The summed E-state index contributed by atoms with van der Waals surface area (Å²) in [6, 6.07) is 12.0.